The summed E-state index contributed by atoms with van der Waals surface area (Å²) in [5.41, 5.74) is 2.42. The van der Waals surface area contributed by atoms with Crippen molar-refractivity contribution in [2.75, 3.05) is 50.9 Å². The highest BCUT2D eigenvalue weighted by molar-refractivity contribution is 7.99. The normalized spacial score (nSPS) is 15.5. The number of thioether (sulfide) groups is 1. The van der Waals surface area contributed by atoms with E-state index in [4.69, 9.17) is 0 Å². The van der Waals surface area contributed by atoms with Crippen LogP contribution >= 0.6 is 11.8 Å². The molecular formula is C23H33N3O2S2. The summed E-state index contributed by atoms with van der Waals surface area (Å²) in [5.74, 6) is 0. The Labute approximate surface area is 185 Å². The lowest BCUT2D eigenvalue weighted by molar-refractivity contribution is 0.252. The molecule has 5 nitrogen and oxygen atoms in total. The standard InChI is InChI=1S/C23H33N3O2S2/c1-24-30(27,28)23-19-20(12-13-22(23)29-2)9-5-4-8-14-25-15-17-26(18-16-25)21-10-6-3-7-11-21/h3,6-7,10-13,19,24H,4-5,8-9,14-18H2,1-2H3. The largest absolute Gasteiger partial charge is 0.369 e. The van der Waals surface area contributed by atoms with Gasteiger partial charge in [0.15, 0.2) is 0 Å². The maximum atomic E-state index is 12.3. The van der Waals surface area contributed by atoms with E-state index in [2.05, 4.69) is 50.9 Å². The first-order chi connectivity index (χ1) is 14.5. The molecule has 0 saturated carbocycles. The Hall–Kier alpha value is -1.54. The van der Waals surface area contributed by atoms with E-state index in [1.807, 2.05) is 18.4 Å². The summed E-state index contributed by atoms with van der Waals surface area (Å²) in [4.78, 5) is 6.21. The van der Waals surface area contributed by atoms with Gasteiger partial charge in [-0.2, -0.15) is 0 Å². The zero-order valence-corrected chi connectivity index (χ0v) is 19.6. The third-order valence-electron chi connectivity index (χ3n) is 5.72. The Morgan fingerprint density at radius 2 is 1.70 bits per heavy atom. The van der Waals surface area contributed by atoms with Gasteiger partial charge in [-0.15, -0.1) is 11.8 Å². The monoisotopic (exact) mass is 447 g/mol. The van der Waals surface area contributed by atoms with Gasteiger partial charge >= 0.3 is 0 Å². The second-order valence-electron chi connectivity index (χ2n) is 7.67. The molecule has 1 heterocycles. The van der Waals surface area contributed by atoms with Gasteiger partial charge < -0.3 is 4.90 Å². The Bertz CT molecular complexity index is 896. The Morgan fingerprint density at radius 3 is 2.37 bits per heavy atom. The minimum atomic E-state index is -3.42. The zero-order chi connectivity index (χ0) is 21.4. The number of sulfonamides is 1. The molecule has 7 heteroatoms. The van der Waals surface area contributed by atoms with Crippen LogP contribution < -0.4 is 9.62 Å². The fourth-order valence-corrected chi connectivity index (χ4v) is 5.81. The Balaban J connectivity index is 1.39. The van der Waals surface area contributed by atoms with E-state index in [0.29, 0.717) is 4.90 Å². The van der Waals surface area contributed by atoms with Crippen molar-refractivity contribution >= 4 is 27.5 Å². The Kier molecular flexibility index (Phi) is 8.62. The molecule has 1 aliphatic heterocycles. The van der Waals surface area contributed by atoms with E-state index in [0.717, 1.165) is 62.4 Å². The molecule has 0 aromatic heterocycles. The maximum Gasteiger partial charge on any atom is 0.241 e. The quantitative estimate of drug-likeness (QED) is 0.443. The molecule has 2 aromatic carbocycles. The van der Waals surface area contributed by atoms with Crippen LogP contribution in [0.15, 0.2) is 58.3 Å². The van der Waals surface area contributed by atoms with Crippen molar-refractivity contribution in [2.24, 2.45) is 0 Å². The van der Waals surface area contributed by atoms with Gasteiger partial charge in [-0.3, -0.25) is 4.90 Å². The summed E-state index contributed by atoms with van der Waals surface area (Å²) >= 11 is 1.46. The Morgan fingerprint density at radius 1 is 0.967 bits per heavy atom. The van der Waals surface area contributed by atoms with Crippen LogP contribution in [0.1, 0.15) is 24.8 Å². The molecule has 0 unspecified atom stereocenters. The minimum Gasteiger partial charge on any atom is -0.369 e. The molecule has 3 rings (SSSR count). The van der Waals surface area contributed by atoms with Crippen LogP contribution in [-0.4, -0.2) is 59.3 Å². The first kappa shape index (κ1) is 23.1. The van der Waals surface area contributed by atoms with Crippen LogP contribution in [-0.2, 0) is 16.4 Å². The number of unbranched alkanes of at least 4 members (excludes halogenated alkanes) is 2. The number of hydrogen-bond donors (Lipinski definition) is 1. The highest BCUT2D eigenvalue weighted by Gasteiger charge is 2.18. The molecule has 164 valence electrons. The van der Waals surface area contributed by atoms with Crippen molar-refractivity contribution in [3.8, 4) is 0 Å². The number of nitrogens with one attached hydrogen (secondary N) is 1. The molecule has 0 bridgehead atoms. The van der Waals surface area contributed by atoms with Gasteiger partial charge in [0.1, 0.15) is 0 Å². The lowest BCUT2D eigenvalue weighted by Gasteiger charge is -2.36. The molecule has 1 fully saturated rings. The number of nitrogens with zero attached hydrogens (tertiary/aromatic N) is 2. The molecule has 0 aliphatic carbocycles. The molecule has 0 amide bonds. The van der Waals surface area contributed by atoms with E-state index in [-0.39, 0.29) is 0 Å². The molecule has 1 N–H and O–H groups in total. The van der Waals surface area contributed by atoms with Gasteiger partial charge in [-0.1, -0.05) is 30.7 Å². The van der Waals surface area contributed by atoms with E-state index in [1.54, 1.807) is 0 Å². The fraction of sp³-hybridized carbons (Fsp3) is 0.478. The predicted octanol–water partition coefficient (Wildman–Crippen LogP) is 3.85. The van der Waals surface area contributed by atoms with Crippen molar-refractivity contribution < 1.29 is 8.42 Å². The SMILES string of the molecule is CNS(=O)(=O)c1cc(CCCCCN2CCN(c3ccccc3)CC2)ccc1SC. The second-order valence-corrected chi connectivity index (χ2v) is 10.4. The van der Waals surface area contributed by atoms with Gasteiger partial charge in [0.05, 0.1) is 4.90 Å². The van der Waals surface area contributed by atoms with Crippen molar-refractivity contribution in [1.82, 2.24) is 9.62 Å². The highest BCUT2D eigenvalue weighted by Crippen LogP contribution is 2.26. The first-order valence-electron chi connectivity index (χ1n) is 10.7. The lowest BCUT2D eigenvalue weighted by Crippen LogP contribution is -2.46. The third-order valence-corrected chi connectivity index (χ3v) is 8.10. The lowest BCUT2D eigenvalue weighted by atomic mass is 10.1. The zero-order valence-electron chi connectivity index (χ0n) is 18.0. The van der Waals surface area contributed by atoms with Crippen molar-refractivity contribution in [2.45, 2.75) is 35.5 Å². The summed E-state index contributed by atoms with van der Waals surface area (Å²) in [7, 11) is -1.96. The minimum absolute atomic E-state index is 0.395. The molecular weight excluding hydrogens is 414 g/mol. The molecule has 1 aliphatic rings. The number of aryl methyl sites for hydroxylation is 1. The van der Waals surface area contributed by atoms with E-state index in [9.17, 15) is 8.42 Å². The van der Waals surface area contributed by atoms with E-state index < -0.39 is 10.0 Å². The van der Waals surface area contributed by atoms with Gasteiger partial charge in [0, 0.05) is 36.8 Å². The molecule has 0 radical (unpaired) electrons. The maximum absolute atomic E-state index is 12.3. The number of piperazine rings is 1. The van der Waals surface area contributed by atoms with Crippen LogP contribution in [0, 0.1) is 0 Å². The molecule has 0 spiro atoms. The number of rotatable bonds is 10. The van der Waals surface area contributed by atoms with Crippen LogP contribution in [0.25, 0.3) is 0 Å². The van der Waals surface area contributed by atoms with Crippen LogP contribution in [0.5, 0.6) is 0 Å². The van der Waals surface area contributed by atoms with Gasteiger partial charge in [0.2, 0.25) is 10.0 Å². The van der Waals surface area contributed by atoms with E-state index in [1.165, 1.54) is 30.9 Å². The second kappa shape index (κ2) is 11.2. The first-order valence-corrected chi connectivity index (χ1v) is 13.4. The number of anilines is 1. The smallest absolute Gasteiger partial charge is 0.241 e. The van der Waals surface area contributed by atoms with E-state index >= 15 is 0 Å². The molecule has 0 atom stereocenters. The van der Waals surface area contributed by atoms with Gasteiger partial charge in [-0.05, 0) is 68.9 Å². The average molecular weight is 448 g/mol. The summed E-state index contributed by atoms with van der Waals surface area (Å²) < 4.78 is 27.0. The number of para-hydroxylation sites is 1. The van der Waals surface area contributed by atoms with Gasteiger partial charge in [0.25, 0.3) is 0 Å². The van der Waals surface area contributed by atoms with Crippen molar-refractivity contribution in [3.05, 3.63) is 54.1 Å². The molecule has 2 aromatic rings. The van der Waals surface area contributed by atoms with Crippen LogP contribution in [0.4, 0.5) is 5.69 Å². The molecule has 30 heavy (non-hydrogen) atoms. The summed E-state index contributed by atoms with van der Waals surface area (Å²) in [6, 6.07) is 16.5. The van der Waals surface area contributed by atoms with Gasteiger partial charge in [-0.25, -0.2) is 13.1 Å². The van der Waals surface area contributed by atoms with Crippen molar-refractivity contribution in [1.29, 1.82) is 0 Å². The third kappa shape index (κ3) is 6.23. The number of benzene rings is 2. The predicted molar refractivity (Wildman–Crippen MR) is 127 cm³/mol. The number of hydrogen-bond acceptors (Lipinski definition) is 5. The van der Waals surface area contributed by atoms with Crippen molar-refractivity contribution in [3.63, 3.8) is 0 Å². The summed E-state index contributed by atoms with van der Waals surface area (Å²) in [6.45, 7) is 5.57. The average Bonchev–Trinajstić information content (AvgIpc) is 2.79. The summed E-state index contributed by atoms with van der Waals surface area (Å²) in [5, 5.41) is 0. The molecule has 1 saturated heterocycles. The van der Waals surface area contributed by atoms with Crippen LogP contribution in [0.2, 0.25) is 0 Å². The highest BCUT2D eigenvalue weighted by atomic mass is 32.2. The fourth-order valence-electron chi connectivity index (χ4n) is 3.91. The van der Waals surface area contributed by atoms with Crippen LogP contribution in [0.3, 0.4) is 0 Å². The topological polar surface area (TPSA) is 52.7 Å². The summed E-state index contributed by atoms with van der Waals surface area (Å²) in [6.07, 6.45) is 6.26.